The Kier molecular flexibility index (Phi) is 6.62. The Morgan fingerprint density at radius 1 is 0.897 bits per heavy atom. The summed E-state index contributed by atoms with van der Waals surface area (Å²) in [6, 6.07) is 19.7. The first kappa shape index (κ1) is 25.2. The van der Waals surface area contributed by atoms with Gasteiger partial charge in [0.2, 0.25) is 11.8 Å². The first-order chi connectivity index (χ1) is 18.9. The van der Waals surface area contributed by atoms with Crippen molar-refractivity contribution < 1.29 is 18.4 Å². The van der Waals surface area contributed by atoms with E-state index in [4.69, 9.17) is 4.99 Å². The summed E-state index contributed by atoms with van der Waals surface area (Å²) >= 11 is 0. The van der Waals surface area contributed by atoms with Crippen molar-refractivity contribution in [2.45, 2.75) is 38.1 Å². The maximum Gasteiger partial charge on any atom is 0.227 e. The van der Waals surface area contributed by atoms with Crippen molar-refractivity contribution >= 4 is 34.6 Å². The molecule has 8 heteroatoms. The summed E-state index contributed by atoms with van der Waals surface area (Å²) in [7, 11) is 0. The van der Waals surface area contributed by atoms with E-state index in [2.05, 4.69) is 35.2 Å². The molecule has 2 amide bonds. The molecule has 200 valence electrons. The third-order valence-electron chi connectivity index (χ3n) is 8.08. The molecule has 0 aliphatic carbocycles. The van der Waals surface area contributed by atoms with Crippen LogP contribution in [0.2, 0.25) is 0 Å². The van der Waals surface area contributed by atoms with E-state index < -0.39 is 11.6 Å². The summed E-state index contributed by atoms with van der Waals surface area (Å²) in [5.74, 6) is -2.08. The van der Waals surface area contributed by atoms with Crippen LogP contribution in [0, 0.1) is 11.6 Å². The van der Waals surface area contributed by atoms with Crippen LogP contribution < -0.4 is 9.80 Å². The summed E-state index contributed by atoms with van der Waals surface area (Å²) in [6.07, 6.45) is 1.75. The monoisotopic (exact) mass is 528 g/mol. The second kappa shape index (κ2) is 10.2. The van der Waals surface area contributed by atoms with E-state index in [1.54, 1.807) is 11.8 Å². The van der Waals surface area contributed by atoms with Crippen LogP contribution in [0.5, 0.6) is 0 Å². The quantitative estimate of drug-likeness (QED) is 0.453. The molecule has 0 aromatic heterocycles. The first-order valence-corrected chi connectivity index (χ1v) is 13.5. The van der Waals surface area contributed by atoms with E-state index in [9.17, 15) is 18.4 Å². The van der Waals surface area contributed by atoms with E-state index in [0.717, 1.165) is 53.4 Å². The van der Waals surface area contributed by atoms with Crippen molar-refractivity contribution in [1.29, 1.82) is 0 Å². The SMILES string of the molecule is CC(=O)N1CCN(c2ccc(C3C(C4CCCC(=O)N4c4ccc(F)c(F)c4)=Nc4ccccc43)cc2)CC1. The maximum absolute atomic E-state index is 14.2. The van der Waals surface area contributed by atoms with Crippen molar-refractivity contribution in [3.05, 3.63) is 89.5 Å². The van der Waals surface area contributed by atoms with Gasteiger partial charge in [0.25, 0.3) is 0 Å². The van der Waals surface area contributed by atoms with Gasteiger partial charge in [0.15, 0.2) is 11.6 Å². The largest absolute Gasteiger partial charge is 0.368 e. The van der Waals surface area contributed by atoms with Crippen molar-refractivity contribution in [3.8, 4) is 0 Å². The van der Waals surface area contributed by atoms with Gasteiger partial charge in [-0.25, -0.2) is 8.78 Å². The second-order valence-corrected chi connectivity index (χ2v) is 10.4. The zero-order valence-corrected chi connectivity index (χ0v) is 21.8. The number of halogens is 2. The van der Waals surface area contributed by atoms with Crippen LogP contribution >= 0.6 is 0 Å². The van der Waals surface area contributed by atoms with Crippen molar-refractivity contribution in [2.75, 3.05) is 36.0 Å². The third-order valence-corrected chi connectivity index (χ3v) is 8.08. The Morgan fingerprint density at radius 2 is 1.62 bits per heavy atom. The average molecular weight is 529 g/mol. The van der Waals surface area contributed by atoms with Gasteiger partial charge in [-0.15, -0.1) is 0 Å². The molecule has 6 nitrogen and oxygen atoms in total. The maximum atomic E-state index is 14.2. The van der Waals surface area contributed by atoms with Crippen LogP contribution in [0.15, 0.2) is 71.7 Å². The van der Waals surface area contributed by atoms with Gasteiger partial charge in [0.1, 0.15) is 0 Å². The molecule has 2 atom stereocenters. The number of nitrogens with zero attached hydrogens (tertiary/aromatic N) is 4. The number of para-hydroxylation sites is 1. The molecule has 3 aliphatic rings. The summed E-state index contributed by atoms with van der Waals surface area (Å²) < 4.78 is 27.9. The predicted molar refractivity (Wildman–Crippen MR) is 148 cm³/mol. The van der Waals surface area contributed by atoms with Crippen molar-refractivity contribution in [2.24, 2.45) is 4.99 Å². The van der Waals surface area contributed by atoms with Crippen LogP contribution in [-0.2, 0) is 9.59 Å². The highest BCUT2D eigenvalue weighted by Crippen LogP contribution is 2.43. The highest BCUT2D eigenvalue weighted by molar-refractivity contribution is 6.10. The molecule has 0 N–H and O–H groups in total. The van der Waals surface area contributed by atoms with E-state index in [1.807, 2.05) is 23.1 Å². The minimum atomic E-state index is -0.974. The van der Waals surface area contributed by atoms with E-state index >= 15 is 0 Å². The van der Waals surface area contributed by atoms with Crippen molar-refractivity contribution in [3.63, 3.8) is 0 Å². The molecule has 2 unspecified atom stereocenters. The summed E-state index contributed by atoms with van der Waals surface area (Å²) in [5.41, 5.74) is 5.29. The lowest BCUT2D eigenvalue weighted by atomic mass is 9.82. The number of piperidine rings is 1. The average Bonchev–Trinajstić information content (AvgIpc) is 3.34. The van der Waals surface area contributed by atoms with Gasteiger partial charge < -0.3 is 14.7 Å². The molecule has 2 fully saturated rings. The standard InChI is InChI=1S/C31H30F2N4O2/c1-20(38)35-15-17-36(18-16-35)22-11-9-21(10-12-22)30-24-5-2-3-6-27(24)34-31(30)28-7-4-8-29(39)37(28)23-13-14-25(32)26(33)19-23/h2-3,5-6,9-14,19,28,30H,4,7-8,15-18H2,1H3. The molecule has 0 saturated carbocycles. The lowest BCUT2D eigenvalue weighted by Gasteiger charge is -2.38. The fourth-order valence-electron chi connectivity index (χ4n) is 6.08. The van der Waals surface area contributed by atoms with E-state index in [-0.39, 0.29) is 23.8 Å². The summed E-state index contributed by atoms with van der Waals surface area (Å²) in [5, 5.41) is 0. The minimum absolute atomic E-state index is 0.107. The number of amides is 2. The van der Waals surface area contributed by atoms with Crippen LogP contribution in [0.25, 0.3) is 0 Å². The molecule has 3 heterocycles. The molecule has 6 rings (SSSR count). The number of piperazine rings is 1. The second-order valence-electron chi connectivity index (χ2n) is 10.4. The molecule has 2 saturated heterocycles. The molecule has 3 aliphatic heterocycles. The highest BCUT2D eigenvalue weighted by atomic mass is 19.2. The Hall–Kier alpha value is -4.07. The Morgan fingerprint density at radius 3 is 2.33 bits per heavy atom. The molecule has 3 aromatic rings. The third kappa shape index (κ3) is 4.68. The van der Waals surface area contributed by atoms with Crippen molar-refractivity contribution in [1.82, 2.24) is 4.90 Å². The smallest absolute Gasteiger partial charge is 0.227 e. The molecular formula is C31H30F2N4O2. The molecule has 0 bridgehead atoms. The van der Waals surface area contributed by atoms with Crippen LogP contribution in [0.4, 0.5) is 25.8 Å². The van der Waals surface area contributed by atoms with Gasteiger partial charge in [-0.1, -0.05) is 30.3 Å². The lowest BCUT2D eigenvalue weighted by molar-refractivity contribution is -0.129. The lowest BCUT2D eigenvalue weighted by Crippen LogP contribution is -2.49. The highest BCUT2D eigenvalue weighted by Gasteiger charge is 2.40. The Bertz CT molecular complexity index is 1450. The van der Waals surface area contributed by atoms with Gasteiger partial charge in [-0.2, -0.15) is 0 Å². The van der Waals surface area contributed by atoms with Gasteiger partial charge in [0, 0.05) is 57.0 Å². The Balaban J connectivity index is 1.33. The zero-order valence-electron chi connectivity index (χ0n) is 21.8. The van der Waals surface area contributed by atoms with E-state index in [0.29, 0.717) is 38.0 Å². The molecule has 39 heavy (non-hydrogen) atoms. The minimum Gasteiger partial charge on any atom is -0.368 e. The summed E-state index contributed by atoms with van der Waals surface area (Å²) in [6.45, 7) is 4.59. The number of aliphatic imine (C=N–C) groups is 1. The molecule has 0 radical (unpaired) electrons. The van der Waals surface area contributed by atoms with Crippen LogP contribution in [0.1, 0.15) is 43.2 Å². The fourth-order valence-corrected chi connectivity index (χ4v) is 6.08. The normalized spacial score (nSPS) is 21.2. The number of hydrogen-bond donors (Lipinski definition) is 0. The first-order valence-electron chi connectivity index (χ1n) is 13.5. The molecule has 0 spiro atoms. The number of carbonyl (C=O) groups is 2. The fraction of sp³-hybridized carbons (Fsp3) is 0.323. The number of carbonyl (C=O) groups excluding carboxylic acids is 2. The van der Waals surface area contributed by atoms with Gasteiger partial charge >= 0.3 is 0 Å². The van der Waals surface area contributed by atoms with Crippen LogP contribution in [-0.4, -0.2) is 54.6 Å². The Labute approximate surface area is 226 Å². The summed E-state index contributed by atoms with van der Waals surface area (Å²) in [4.78, 5) is 35.7. The topological polar surface area (TPSA) is 56.2 Å². The predicted octanol–water partition coefficient (Wildman–Crippen LogP) is 5.44. The number of benzene rings is 3. The number of anilines is 2. The van der Waals surface area contributed by atoms with E-state index in [1.165, 1.54) is 6.07 Å². The van der Waals surface area contributed by atoms with Gasteiger partial charge in [0.05, 0.1) is 23.4 Å². The van der Waals surface area contributed by atoms with Gasteiger partial charge in [-0.05, 0) is 54.3 Å². The zero-order chi connectivity index (χ0) is 27.1. The van der Waals surface area contributed by atoms with Crippen LogP contribution in [0.3, 0.4) is 0 Å². The number of fused-ring (bicyclic) bond motifs is 1. The molecular weight excluding hydrogens is 498 g/mol. The molecule has 3 aromatic carbocycles. The van der Waals surface area contributed by atoms with Gasteiger partial charge in [-0.3, -0.25) is 14.6 Å². The number of hydrogen-bond acceptors (Lipinski definition) is 4. The number of rotatable bonds is 4.